The second-order valence-electron chi connectivity index (χ2n) is 15.9. The van der Waals surface area contributed by atoms with Crippen LogP contribution >= 0.6 is 0 Å². The number of nitrogens with zero attached hydrogens (tertiary/aromatic N) is 4. The van der Waals surface area contributed by atoms with Gasteiger partial charge in [0.05, 0.1) is 17.2 Å². The molecule has 4 amide bonds. The Labute approximate surface area is 306 Å². The van der Waals surface area contributed by atoms with Gasteiger partial charge >= 0.3 is 0 Å². The summed E-state index contributed by atoms with van der Waals surface area (Å²) in [6.07, 6.45) is 10.9. The highest BCUT2D eigenvalue weighted by Gasteiger charge is 2.48. The molecule has 1 aromatic carbocycles. The molecule has 0 spiro atoms. The largest absolute Gasteiger partial charge is 0.368 e. The van der Waals surface area contributed by atoms with Gasteiger partial charge < -0.3 is 31.5 Å². The topological polar surface area (TPSA) is 172 Å². The number of benzene rings is 1. The van der Waals surface area contributed by atoms with E-state index in [1.807, 2.05) is 19.9 Å². The van der Waals surface area contributed by atoms with Crippen LogP contribution in [0.25, 0.3) is 10.9 Å². The Bertz CT molecular complexity index is 1640. The summed E-state index contributed by atoms with van der Waals surface area (Å²) in [5.74, 6) is 2.52. The zero-order chi connectivity index (χ0) is 36.9. The molecule has 5 fully saturated rings. The van der Waals surface area contributed by atoms with Crippen molar-refractivity contribution in [3.63, 3.8) is 0 Å². The maximum absolute atomic E-state index is 14.0. The van der Waals surface area contributed by atoms with Crippen molar-refractivity contribution < 1.29 is 19.2 Å². The van der Waals surface area contributed by atoms with E-state index >= 15 is 0 Å². The summed E-state index contributed by atoms with van der Waals surface area (Å²) in [6, 6.07) is 4.08. The molecule has 2 aromatic rings. The highest BCUT2D eigenvalue weighted by Crippen LogP contribution is 2.57. The molecule has 1 aliphatic heterocycles. The van der Waals surface area contributed by atoms with Crippen molar-refractivity contribution in [1.29, 1.82) is 0 Å². The summed E-state index contributed by atoms with van der Waals surface area (Å²) < 4.78 is 1.29. The van der Waals surface area contributed by atoms with Gasteiger partial charge in [0.1, 0.15) is 18.6 Å². The molecule has 4 aliphatic carbocycles. The van der Waals surface area contributed by atoms with Crippen molar-refractivity contribution in [3.05, 3.63) is 34.9 Å². The Morgan fingerprint density at radius 2 is 1.63 bits per heavy atom. The van der Waals surface area contributed by atoms with E-state index in [-0.39, 0.29) is 41.7 Å². The molecular weight excluding hydrogens is 660 g/mol. The molecule has 4 bridgehead atoms. The quantitative estimate of drug-likeness (QED) is 0.204. The Balaban J connectivity index is 1.08. The Morgan fingerprint density at radius 1 is 0.942 bits per heavy atom. The van der Waals surface area contributed by atoms with Gasteiger partial charge in [-0.3, -0.25) is 28.5 Å². The maximum Gasteiger partial charge on any atom is 0.261 e. The molecule has 284 valence electrons. The lowest BCUT2D eigenvalue weighted by Gasteiger charge is -2.54. The Hall–Kier alpha value is -4.00. The molecule has 1 aromatic heterocycles. The maximum atomic E-state index is 14.0. The Morgan fingerprint density at radius 3 is 2.27 bits per heavy atom. The van der Waals surface area contributed by atoms with Gasteiger partial charge in [0.25, 0.3) is 5.56 Å². The number of carbonyl (C=O) groups excluding carboxylic acids is 4. The van der Waals surface area contributed by atoms with Crippen molar-refractivity contribution in [2.45, 2.75) is 96.7 Å². The zero-order valence-corrected chi connectivity index (χ0v) is 31.1. The van der Waals surface area contributed by atoms with Crippen LogP contribution < -0.4 is 32.1 Å². The number of unbranched alkanes of at least 4 members (excludes halogenated alkanes) is 1. The fourth-order valence-electron chi connectivity index (χ4n) is 9.63. The van der Waals surface area contributed by atoms with Crippen LogP contribution in [-0.2, 0) is 25.7 Å². The molecular formula is C39H58N8O5. The van der Waals surface area contributed by atoms with Gasteiger partial charge in [-0.25, -0.2) is 4.98 Å². The van der Waals surface area contributed by atoms with Crippen LogP contribution in [0.3, 0.4) is 0 Å². The molecule has 1 saturated heterocycles. The number of hydrogen-bond acceptors (Lipinski definition) is 8. The van der Waals surface area contributed by atoms with E-state index in [2.05, 4.69) is 25.8 Å². The van der Waals surface area contributed by atoms with Gasteiger partial charge in [-0.1, -0.05) is 20.3 Å². The fourth-order valence-corrected chi connectivity index (χ4v) is 9.63. The smallest absolute Gasteiger partial charge is 0.261 e. The number of hydrogen-bond donors (Lipinski definition) is 4. The monoisotopic (exact) mass is 718 g/mol. The number of rotatable bonds is 15. The molecule has 52 heavy (non-hydrogen) atoms. The van der Waals surface area contributed by atoms with Crippen molar-refractivity contribution in [2.75, 3.05) is 44.7 Å². The average molecular weight is 719 g/mol. The predicted molar refractivity (Wildman–Crippen MR) is 200 cm³/mol. The summed E-state index contributed by atoms with van der Waals surface area (Å²) >= 11 is 0. The third-order valence-electron chi connectivity index (χ3n) is 12.6. The SMILES string of the molecule is CC[C@H](C)[C@H](NC(=O)CC1C2CC3CC(C2)CC1C3)C(=O)N[C@@H](CCCCN)C(=O)N1CCN(c2ccc3ncn(CC(=O)NC)c(=O)c3c2)CC1. The third-order valence-corrected chi connectivity index (χ3v) is 12.6. The van der Waals surface area contributed by atoms with Gasteiger partial charge in [0.2, 0.25) is 23.6 Å². The van der Waals surface area contributed by atoms with Gasteiger partial charge in [-0.15, -0.1) is 0 Å². The second-order valence-corrected chi connectivity index (χ2v) is 15.9. The number of carbonyl (C=O) groups is 4. The zero-order valence-electron chi connectivity index (χ0n) is 31.1. The lowest BCUT2D eigenvalue weighted by atomic mass is 9.51. The first-order valence-electron chi connectivity index (χ1n) is 19.6. The van der Waals surface area contributed by atoms with E-state index < -0.39 is 12.1 Å². The minimum Gasteiger partial charge on any atom is -0.368 e. The first-order valence-corrected chi connectivity index (χ1v) is 19.6. The number of anilines is 1. The molecule has 13 nitrogen and oxygen atoms in total. The number of fused-ring (bicyclic) bond motifs is 1. The summed E-state index contributed by atoms with van der Waals surface area (Å²) in [5, 5.41) is 9.14. The number of aromatic nitrogens is 2. The highest BCUT2D eigenvalue weighted by molar-refractivity contribution is 5.92. The van der Waals surface area contributed by atoms with Crippen molar-refractivity contribution in [2.24, 2.45) is 41.2 Å². The van der Waals surface area contributed by atoms with Gasteiger partial charge in [0.15, 0.2) is 0 Å². The van der Waals surface area contributed by atoms with E-state index in [1.54, 1.807) is 17.0 Å². The number of likely N-dealkylation sites (N-methyl/N-ethyl adjacent to an activating group) is 1. The van der Waals surface area contributed by atoms with E-state index in [0.29, 0.717) is 80.6 Å². The lowest BCUT2D eigenvalue weighted by molar-refractivity contribution is -0.138. The van der Waals surface area contributed by atoms with Gasteiger partial charge in [-0.2, -0.15) is 0 Å². The minimum atomic E-state index is -0.719. The highest BCUT2D eigenvalue weighted by atomic mass is 16.2. The van der Waals surface area contributed by atoms with Gasteiger partial charge in [-0.05, 0) is 112 Å². The summed E-state index contributed by atoms with van der Waals surface area (Å²) in [7, 11) is 1.52. The number of nitrogens with two attached hydrogens (primary N) is 1. The van der Waals surface area contributed by atoms with E-state index in [9.17, 15) is 24.0 Å². The number of amides is 4. The summed E-state index contributed by atoms with van der Waals surface area (Å²) in [6.45, 7) is 6.38. The standard InChI is InChI=1S/C39H58N8O5/c1-4-24(2)36(44-34(48)21-30-27-16-25-15-26(18-27)19-28(30)17-25)37(50)43-33(7-5-6-10-40)39(52)46-13-11-45(12-14-46)29-8-9-32-31(20-29)38(51)47(23-42-32)22-35(49)41-3/h8-9,20,23-28,30,33,36H,4-7,10-19,21-22,40H2,1-3H3,(H,41,49)(H,43,50)(H,44,48)/t24-,25?,26?,27?,28?,30?,33-,36-/m0/s1. The van der Waals surface area contributed by atoms with Crippen molar-refractivity contribution >= 4 is 40.2 Å². The molecule has 13 heteroatoms. The van der Waals surface area contributed by atoms with Crippen LogP contribution in [0.15, 0.2) is 29.3 Å². The fraction of sp³-hybridized carbons (Fsp3) is 0.692. The first kappa shape index (κ1) is 37.7. The number of piperazine rings is 1. The number of nitrogens with one attached hydrogen (secondary N) is 3. The van der Waals surface area contributed by atoms with Crippen LogP contribution in [0.4, 0.5) is 5.69 Å². The van der Waals surface area contributed by atoms with Crippen molar-refractivity contribution in [3.8, 4) is 0 Å². The molecule has 7 rings (SSSR count). The minimum absolute atomic E-state index is 0.0464. The molecule has 0 unspecified atom stereocenters. The lowest BCUT2D eigenvalue weighted by Crippen LogP contribution is -2.58. The molecule has 5 aliphatic rings. The van der Waals surface area contributed by atoms with E-state index in [4.69, 9.17) is 5.73 Å². The van der Waals surface area contributed by atoms with Crippen LogP contribution in [0.2, 0.25) is 0 Å². The van der Waals surface area contributed by atoms with Crippen LogP contribution in [0.5, 0.6) is 0 Å². The molecule has 3 atom stereocenters. The van der Waals surface area contributed by atoms with Crippen LogP contribution in [0, 0.1) is 35.5 Å². The molecule has 4 saturated carbocycles. The molecule has 2 heterocycles. The van der Waals surface area contributed by atoms with E-state index in [0.717, 1.165) is 30.4 Å². The Kier molecular flexibility index (Phi) is 12.2. The normalized spacial score (nSPS) is 25.4. The van der Waals surface area contributed by atoms with Crippen LogP contribution in [-0.4, -0.2) is 89.9 Å². The average Bonchev–Trinajstić information content (AvgIpc) is 3.15. The van der Waals surface area contributed by atoms with Crippen LogP contribution in [0.1, 0.15) is 78.1 Å². The second kappa shape index (κ2) is 16.8. The molecule has 5 N–H and O–H groups in total. The van der Waals surface area contributed by atoms with E-state index in [1.165, 1.54) is 50.0 Å². The van der Waals surface area contributed by atoms with Gasteiger partial charge in [0, 0.05) is 45.3 Å². The summed E-state index contributed by atoms with van der Waals surface area (Å²) in [5.41, 5.74) is 6.88. The predicted octanol–water partition coefficient (Wildman–Crippen LogP) is 2.40. The third kappa shape index (κ3) is 8.45. The molecule has 0 radical (unpaired) electrons. The van der Waals surface area contributed by atoms with Crippen molar-refractivity contribution in [1.82, 2.24) is 30.4 Å². The first-order chi connectivity index (χ1) is 25.1. The summed E-state index contributed by atoms with van der Waals surface area (Å²) in [4.78, 5) is 74.8.